The van der Waals surface area contributed by atoms with Gasteiger partial charge in [0.2, 0.25) is 0 Å². The van der Waals surface area contributed by atoms with Gasteiger partial charge in [-0.05, 0) is 46.7 Å². The molecule has 1 N–H and O–H groups in total. The van der Waals surface area contributed by atoms with Crippen molar-refractivity contribution in [3.05, 3.63) is 71.3 Å². The van der Waals surface area contributed by atoms with E-state index in [-0.39, 0.29) is 5.41 Å². The summed E-state index contributed by atoms with van der Waals surface area (Å²) in [6, 6.07) is 15.8. The van der Waals surface area contributed by atoms with Crippen molar-refractivity contribution < 1.29 is 14.6 Å². The quantitative estimate of drug-likeness (QED) is 0.779. The van der Waals surface area contributed by atoms with Crippen molar-refractivity contribution in [2.45, 2.75) is 34.3 Å². The Morgan fingerprint density at radius 2 is 1.79 bits per heavy atom. The zero-order valence-electron chi connectivity index (χ0n) is 14.7. The van der Waals surface area contributed by atoms with Crippen LogP contribution in [0.5, 0.6) is 5.75 Å². The number of hydrogen-bond acceptors (Lipinski definition) is 2. The molecule has 0 aromatic heterocycles. The van der Waals surface area contributed by atoms with E-state index in [4.69, 9.17) is 4.74 Å². The van der Waals surface area contributed by atoms with Crippen LogP contribution >= 0.6 is 0 Å². The van der Waals surface area contributed by atoms with E-state index in [1.54, 1.807) is 0 Å². The Morgan fingerprint density at radius 1 is 1.12 bits per heavy atom. The van der Waals surface area contributed by atoms with E-state index in [0.29, 0.717) is 6.61 Å². The zero-order valence-corrected chi connectivity index (χ0v) is 14.7. The fourth-order valence-corrected chi connectivity index (χ4v) is 2.54. The van der Waals surface area contributed by atoms with E-state index < -0.39 is 5.97 Å². The maximum Gasteiger partial charge on any atom is 0.328 e. The van der Waals surface area contributed by atoms with Gasteiger partial charge in [0.25, 0.3) is 0 Å². The first kappa shape index (κ1) is 17.8. The number of benzene rings is 2. The molecule has 0 aliphatic heterocycles. The molecule has 2 rings (SSSR count). The van der Waals surface area contributed by atoms with Crippen molar-refractivity contribution in [2.75, 3.05) is 0 Å². The molecule has 0 amide bonds. The third-order valence-electron chi connectivity index (χ3n) is 3.82. The van der Waals surface area contributed by atoms with E-state index in [0.717, 1.165) is 28.0 Å². The standard InChI is InChI=1S/C21H24O3/c1-15-10-11-17(24-14-16-8-6-5-7-9-16)12-18(15)19(13-20(22)23)21(2,3)4/h5-13H,14H2,1-4H3,(H,22,23)/b19-13-. The van der Waals surface area contributed by atoms with Crippen LogP contribution in [-0.4, -0.2) is 11.1 Å². The minimum atomic E-state index is -0.935. The maximum atomic E-state index is 11.2. The fourth-order valence-electron chi connectivity index (χ4n) is 2.54. The van der Waals surface area contributed by atoms with Crippen LogP contribution < -0.4 is 4.74 Å². The Labute approximate surface area is 143 Å². The first-order valence-electron chi connectivity index (χ1n) is 8.00. The lowest BCUT2D eigenvalue weighted by molar-refractivity contribution is -0.131. The second kappa shape index (κ2) is 7.35. The third kappa shape index (κ3) is 4.72. The SMILES string of the molecule is Cc1ccc(OCc2ccccc2)cc1/C(=C/C(=O)O)C(C)(C)C. The van der Waals surface area contributed by atoms with Gasteiger partial charge < -0.3 is 9.84 Å². The second-order valence-corrected chi connectivity index (χ2v) is 6.90. The van der Waals surface area contributed by atoms with Crippen LogP contribution in [-0.2, 0) is 11.4 Å². The molecular formula is C21H24O3. The van der Waals surface area contributed by atoms with Gasteiger partial charge in [-0.2, -0.15) is 0 Å². The molecule has 0 saturated heterocycles. The summed E-state index contributed by atoms with van der Waals surface area (Å²) in [5, 5.41) is 9.21. The average molecular weight is 324 g/mol. The van der Waals surface area contributed by atoms with Gasteiger partial charge in [0.1, 0.15) is 12.4 Å². The average Bonchev–Trinajstić information content (AvgIpc) is 2.52. The van der Waals surface area contributed by atoms with Gasteiger partial charge in [0.05, 0.1) is 0 Å². The van der Waals surface area contributed by atoms with Gasteiger partial charge in [-0.3, -0.25) is 0 Å². The molecule has 0 spiro atoms. The summed E-state index contributed by atoms with van der Waals surface area (Å²) in [7, 11) is 0. The predicted octanol–water partition coefficient (Wildman–Crippen LogP) is 5.09. The van der Waals surface area contributed by atoms with Crippen molar-refractivity contribution >= 4 is 11.5 Å². The van der Waals surface area contributed by atoms with Gasteiger partial charge in [0.15, 0.2) is 0 Å². The normalized spacial score (nSPS) is 12.1. The van der Waals surface area contributed by atoms with Gasteiger partial charge in [-0.25, -0.2) is 4.79 Å². The second-order valence-electron chi connectivity index (χ2n) is 6.90. The lowest BCUT2D eigenvalue weighted by Crippen LogP contribution is -2.11. The Morgan fingerprint density at radius 3 is 2.38 bits per heavy atom. The first-order valence-corrected chi connectivity index (χ1v) is 8.00. The molecule has 3 nitrogen and oxygen atoms in total. The number of allylic oxidation sites excluding steroid dienone is 1. The summed E-state index contributed by atoms with van der Waals surface area (Å²) in [5.41, 5.74) is 3.55. The number of aryl methyl sites for hydroxylation is 1. The zero-order chi connectivity index (χ0) is 17.7. The van der Waals surface area contributed by atoms with Crippen LogP contribution in [0.1, 0.15) is 37.5 Å². The molecule has 2 aromatic carbocycles. The van der Waals surface area contributed by atoms with E-state index in [1.165, 1.54) is 6.08 Å². The van der Waals surface area contributed by atoms with Gasteiger partial charge in [0, 0.05) is 6.08 Å². The van der Waals surface area contributed by atoms with E-state index in [2.05, 4.69) is 0 Å². The summed E-state index contributed by atoms with van der Waals surface area (Å²) in [6.45, 7) is 8.50. The Bertz CT molecular complexity index is 737. The largest absolute Gasteiger partial charge is 0.489 e. The number of ether oxygens (including phenoxy) is 1. The summed E-state index contributed by atoms with van der Waals surface area (Å²) < 4.78 is 5.88. The molecule has 126 valence electrons. The fraction of sp³-hybridized carbons (Fsp3) is 0.286. The maximum absolute atomic E-state index is 11.2. The Hall–Kier alpha value is -2.55. The van der Waals surface area contributed by atoms with E-state index in [9.17, 15) is 9.90 Å². The topological polar surface area (TPSA) is 46.5 Å². The van der Waals surface area contributed by atoms with Crippen LogP contribution in [0.25, 0.3) is 5.57 Å². The van der Waals surface area contributed by atoms with E-state index in [1.807, 2.05) is 76.2 Å². The molecule has 2 aromatic rings. The van der Waals surface area contributed by atoms with Crippen LogP contribution in [0.3, 0.4) is 0 Å². The molecule has 24 heavy (non-hydrogen) atoms. The van der Waals surface area contributed by atoms with Crippen LogP contribution in [0.15, 0.2) is 54.6 Å². The highest BCUT2D eigenvalue weighted by Gasteiger charge is 2.22. The number of rotatable bonds is 5. The number of carbonyl (C=O) groups is 1. The Kier molecular flexibility index (Phi) is 5.45. The van der Waals surface area contributed by atoms with Crippen LogP contribution in [0, 0.1) is 12.3 Å². The van der Waals surface area contributed by atoms with Gasteiger partial charge in [-0.1, -0.05) is 57.2 Å². The predicted molar refractivity (Wildman–Crippen MR) is 97.0 cm³/mol. The van der Waals surface area contributed by atoms with Crippen molar-refractivity contribution in [1.29, 1.82) is 0 Å². The first-order chi connectivity index (χ1) is 11.3. The van der Waals surface area contributed by atoms with Crippen molar-refractivity contribution in [1.82, 2.24) is 0 Å². The smallest absolute Gasteiger partial charge is 0.328 e. The highest BCUT2D eigenvalue weighted by atomic mass is 16.5. The lowest BCUT2D eigenvalue weighted by Gasteiger charge is -2.25. The molecule has 0 atom stereocenters. The monoisotopic (exact) mass is 324 g/mol. The third-order valence-corrected chi connectivity index (χ3v) is 3.82. The molecule has 0 fully saturated rings. The highest BCUT2D eigenvalue weighted by Crippen LogP contribution is 2.37. The Balaban J connectivity index is 2.32. The molecule has 0 saturated carbocycles. The number of hydrogen-bond donors (Lipinski definition) is 1. The minimum absolute atomic E-state index is 0.277. The molecule has 0 bridgehead atoms. The molecule has 0 radical (unpaired) electrons. The minimum Gasteiger partial charge on any atom is -0.489 e. The molecule has 3 heteroatoms. The van der Waals surface area contributed by atoms with Gasteiger partial charge >= 0.3 is 5.97 Å². The lowest BCUT2D eigenvalue weighted by atomic mass is 9.80. The summed E-state index contributed by atoms with van der Waals surface area (Å²) in [6.07, 6.45) is 1.29. The molecule has 0 aliphatic rings. The number of carboxylic acids is 1. The molecule has 0 unspecified atom stereocenters. The summed E-state index contributed by atoms with van der Waals surface area (Å²) in [5.74, 6) is -0.199. The van der Waals surface area contributed by atoms with Crippen molar-refractivity contribution in [3.8, 4) is 5.75 Å². The molecule has 0 heterocycles. The van der Waals surface area contributed by atoms with Crippen LogP contribution in [0.2, 0.25) is 0 Å². The number of carboxylic acid groups (broad SMARTS) is 1. The van der Waals surface area contributed by atoms with Crippen LogP contribution in [0.4, 0.5) is 0 Å². The number of aliphatic carboxylic acids is 1. The molecule has 0 aliphatic carbocycles. The van der Waals surface area contributed by atoms with Crippen molar-refractivity contribution in [2.24, 2.45) is 5.41 Å². The van der Waals surface area contributed by atoms with Crippen molar-refractivity contribution in [3.63, 3.8) is 0 Å². The van der Waals surface area contributed by atoms with Gasteiger partial charge in [-0.15, -0.1) is 0 Å². The highest BCUT2D eigenvalue weighted by molar-refractivity contribution is 5.92. The van der Waals surface area contributed by atoms with E-state index >= 15 is 0 Å². The summed E-state index contributed by atoms with van der Waals surface area (Å²) in [4.78, 5) is 11.2. The summed E-state index contributed by atoms with van der Waals surface area (Å²) >= 11 is 0. The molecular weight excluding hydrogens is 300 g/mol.